The zero-order valence-electron chi connectivity index (χ0n) is 10.7. The van der Waals surface area contributed by atoms with Gasteiger partial charge in [0.05, 0.1) is 5.02 Å². The first-order valence-electron chi connectivity index (χ1n) is 6.05. The van der Waals surface area contributed by atoms with E-state index in [9.17, 15) is 9.18 Å². The summed E-state index contributed by atoms with van der Waals surface area (Å²) in [5.41, 5.74) is 1.14. The lowest BCUT2D eigenvalue weighted by molar-refractivity contribution is 0.0988. The van der Waals surface area contributed by atoms with Crippen molar-refractivity contribution in [2.75, 3.05) is 11.4 Å². The Hall–Kier alpha value is -1.39. The quantitative estimate of drug-likeness (QED) is 0.765. The van der Waals surface area contributed by atoms with Crippen molar-refractivity contribution < 1.29 is 9.18 Å². The molecule has 0 atom stereocenters. The molecule has 0 heterocycles. The van der Waals surface area contributed by atoms with Gasteiger partial charge in [0.2, 0.25) is 0 Å². The summed E-state index contributed by atoms with van der Waals surface area (Å²) in [4.78, 5) is 14.1. The molecule has 0 bridgehead atoms. The van der Waals surface area contributed by atoms with Crippen LogP contribution < -0.4 is 4.90 Å². The third-order valence-corrected chi connectivity index (χ3v) is 4.10. The molecule has 104 valence electrons. The van der Waals surface area contributed by atoms with Crippen molar-refractivity contribution in [1.29, 1.82) is 0 Å². The summed E-state index contributed by atoms with van der Waals surface area (Å²) < 4.78 is 13.7. The van der Waals surface area contributed by atoms with Crippen molar-refractivity contribution in [3.05, 3.63) is 63.3 Å². The number of hydrogen-bond acceptors (Lipinski definition) is 1. The van der Waals surface area contributed by atoms with Gasteiger partial charge in [0, 0.05) is 22.3 Å². The zero-order valence-corrected chi connectivity index (χ0v) is 13.1. The van der Waals surface area contributed by atoms with Crippen LogP contribution in [-0.4, -0.2) is 12.5 Å². The lowest BCUT2D eigenvalue weighted by Crippen LogP contribution is -2.30. The van der Waals surface area contributed by atoms with Crippen LogP contribution in [0.25, 0.3) is 0 Å². The summed E-state index contributed by atoms with van der Waals surface area (Å²) in [5.74, 6) is -0.502. The number of carbonyl (C=O) groups excluding carboxylic acids is 1. The number of amides is 1. The SMILES string of the molecule is CCN(C(=O)c1ccc(Br)c(Cl)c1)c1ccc(F)cc1. The Bertz CT molecular complexity index is 630. The summed E-state index contributed by atoms with van der Waals surface area (Å²) in [7, 11) is 0. The number of nitrogens with zero attached hydrogens (tertiary/aromatic N) is 1. The van der Waals surface area contributed by atoms with E-state index in [-0.39, 0.29) is 11.7 Å². The van der Waals surface area contributed by atoms with Gasteiger partial charge in [-0.25, -0.2) is 4.39 Å². The predicted octanol–water partition coefficient (Wildman–Crippen LogP) is 4.91. The summed E-state index contributed by atoms with van der Waals surface area (Å²) in [6.45, 7) is 2.35. The maximum Gasteiger partial charge on any atom is 0.258 e. The molecule has 0 saturated heterocycles. The third kappa shape index (κ3) is 3.19. The number of rotatable bonds is 3. The van der Waals surface area contributed by atoms with Gasteiger partial charge in [-0.1, -0.05) is 11.6 Å². The average Bonchev–Trinajstić information content (AvgIpc) is 2.44. The molecule has 2 aromatic rings. The van der Waals surface area contributed by atoms with Crippen molar-refractivity contribution in [2.45, 2.75) is 6.92 Å². The van der Waals surface area contributed by atoms with E-state index in [0.29, 0.717) is 22.8 Å². The minimum atomic E-state index is -0.330. The minimum absolute atomic E-state index is 0.173. The second-order valence-electron chi connectivity index (χ2n) is 4.15. The highest BCUT2D eigenvalue weighted by Gasteiger charge is 2.17. The maximum absolute atomic E-state index is 12.9. The highest BCUT2D eigenvalue weighted by atomic mass is 79.9. The highest BCUT2D eigenvalue weighted by Crippen LogP contribution is 2.25. The smallest absolute Gasteiger partial charge is 0.258 e. The molecule has 0 N–H and O–H groups in total. The van der Waals surface area contributed by atoms with Crippen molar-refractivity contribution in [3.63, 3.8) is 0 Å². The summed E-state index contributed by atoms with van der Waals surface area (Å²) in [5, 5.41) is 0.478. The van der Waals surface area contributed by atoms with Crippen LogP contribution in [-0.2, 0) is 0 Å². The molecule has 2 rings (SSSR count). The fourth-order valence-corrected chi connectivity index (χ4v) is 2.28. The molecule has 0 fully saturated rings. The standard InChI is InChI=1S/C15H12BrClFNO/c1-2-19(12-6-4-11(18)5-7-12)15(20)10-3-8-13(16)14(17)9-10/h3-9H,2H2,1H3. The molecule has 5 heteroatoms. The molecule has 0 aliphatic carbocycles. The Labute approximate surface area is 130 Å². The largest absolute Gasteiger partial charge is 0.309 e. The first-order valence-corrected chi connectivity index (χ1v) is 7.22. The van der Waals surface area contributed by atoms with Crippen LogP contribution in [0.2, 0.25) is 5.02 Å². The van der Waals surface area contributed by atoms with Gasteiger partial charge in [-0.05, 0) is 65.3 Å². The van der Waals surface area contributed by atoms with E-state index in [4.69, 9.17) is 11.6 Å². The van der Waals surface area contributed by atoms with Crippen LogP contribution in [0.1, 0.15) is 17.3 Å². The van der Waals surface area contributed by atoms with Gasteiger partial charge in [-0.2, -0.15) is 0 Å². The molecule has 1 amide bonds. The fourth-order valence-electron chi connectivity index (χ4n) is 1.85. The molecule has 0 saturated carbocycles. The Kier molecular flexibility index (Phi) is 4.78. The molecule has 0 aromatic heterocycles. The first-order chi connectivity index (χ1) is 9.52. The molecular weight excluding hydrogens is 345 g/mol. The number of anilines is 1. The van der Waals surface area contributed by atoms with E-state index < -0.39 is 0 Å². The summed E-state index contributed by atoms with van der Waals surface area (Å²) in [6, 6.07) is 10.9. The van der Waals surface area contributed by atoms with Gasteiger partial charge < -0.3 is 4.90 Å². The number of hydrogen-bond donors (Lipinski definition) is 0. The first kappa shape index (κ1) is 15.0. The normalized spacial score (nSPS) is 10.4. The van der Waals surface area contributed by atoms with Crippen LogP contribution in [0, 0.1) is 5.82 Å². The van der Waals surface area contributed by atoms with E-state index in [1.165, 1.54) is 12.1 Å². The van der Waals surface area contributed by atoms with Gasteiger partial charge in [0.1, 0.15) is 5.82 Å². The topological polar surface area (TPSA) is 20.3 Å². The van der Waals surface area contributed by atoms with Gasteiger partial charge in [0.15, 0.2) is 0 Å². The Morgan fingerprint density at radius 1 is 1.25 bits per heavy atom. The van der Waals surface area contributed by atoms with E-state index >= 15 is 0 Å². The summed E-state index contributed by atoms with van der Waals surface area (Å²) >= 11 is 9.29. The number of benzene rings is 2. The molecule has 20 heavy (non-hydrogen) atoms. The molecule has 0 aliphatic rings. The van der Waals surface area contributed by atoms with Crippen LogP contribution in [0.5, 0.6) is 0 Å². The van der Waals surface area contributed by atoms with E-state index in [2.05, 4.69) is 15.9 Å². The van der Waals surface area contributed by atoms with Crippen LogP contribution in [0.3, 0.4) is 0 Å². The van der Waals surface area contributed by atoms with Crippen LogP contribution >= 0.6 is 27.5 Å². The molecule has 2 nitrogen and oxygen atoms in total. The molecule has 0 unspecified atom stereocenters. The Morgan fingerprint density at radius 3 is 2.45 bits per heavy atom. The fraction of sp³-hybridized carbons (Fsp3) is 0.133. The third-order valence-electron chi connectivity index (χ3n) is 2.87. The lowest BCUT2D eigenvalue weighted by atomic mass is 10.2. The molecule has 0 spiro atoms. The van der Waals surface area contributed by atoms with Crippen LogP contribution in [0.15, 0.2) is 46.9 Å². The Balaban J connectivity index is 2.33. The lowest BCUT2D eigenvalue weighted by Gasteiger charge is -2.21. The van der Waals surface area contributed by atoms with Crippen molar-refractivity contribution in [3.8, 4) is 0 Å². The molecule has 0 aliphatic heterocycles. The second kappa shape index (κ2) is 6.37. The van der Waals surface area contributed by atoms with Gasteiger partial charge >= 0.3 is 0 Å². The maximum atomic E-state index is 12.9. The highest BCUT2D eigenvalue weighted by molar-refractivity contribution is 9.10. The van der Waals surface area contributed by atoms with E-state index in [1.54, 1.807) is 35.2 Å². The molecule has 0 radical (unpaired) electrons. The van der Waals surface area contributed by atoms with Gasteiger partial charge in [0.25, 0.3) is 5.91 Å². The molecular formula is C15H12BrClFNO. The van der Waals surface area contributed by atoms with Crippen molar-refractivity contribution in [1.82, 2.24) is 0 Å². The van der Waals surface area contributed by atoms with E-state index in [0.717, 1.165) is 4.47 Å². The number of halogens is 3. The Morgan fingerprint density at radius 2 is 1.90 bits per heavy atom. The van der Waals surface area contributed by atoms with Crippen molar-refractivity contribution in [2.24, 2.45) is 0 Å². The van der Waals surface area contributed by atoms with E-state index in [1.807, 2.05) is 6.92 Å². The number of carbonyl (C=O) groups is 1. The predicted molar refractivity (Wildman–Crippen MR) is 82.9 cm³/mol. The van der Waals surface area contributed by atoms with Crippen molar-refractivity contribution >= 4 is 39.1 Å². The zero-order chi connectivity index (χ0) is 14.7. The van der Waals surface area contributed by atoms with Gasteiger partial charge in [-0.3, -0.25) is 4.79 Å². The monoisotopic (exact) mass is 355 g/mol. The average molecular weight is 357 g/mol. The molecule has 2 aromatic carbocycles. The second-order valence-corrected chi connectivity index (χ2v) is 5.42. The minimum Gasteiger partial charge on any atom is -0.309 e. The van der Waals surface area contributed by atoms with Gasteiger partial charge in [-0.15, -0.1) is 0 Å². The summed E-state index contributed by atoms with van der Waals surface area (Å²) in [6.07, 6.45) is 0. The van der Waals surface area contributed by atoms with Crippen LogP contribution in [0.4, 0.5) is 10.1 Å².